The zero-order chi connectivity index (χ0) is 15.2. The van der Waals surface area contributed by atoms with E-state index < -0.39 is 12.6 Å². The molecular formula is C11H18F3N5O. The first-order valence-corrected chi connectivity index (χ1v) is 6.27. The van der Waals surface area contributed by atoms with E-state index >= 15 is 0 Å². The Morgan fingerprint density at radius 2 is 1.70 bits per heavy atom. The Balaban J connectivity index is 2.74. The van der Waals surface area contributed by atoms with Crippen LogP contribution in [0.25, 0.3) is 0 Å². The molecule has 1 heterocycles. The second-order valence-electron chi connectivity index (χ2n) is 4.25. The Labute approximate surface area is 115 Å². The summed E-state index contributed by atoms with van der Waals surface area (Å²) in [6.07, 6.45) is -5.33. The zero-order valence-electron chi connectivity index (χ0n) is 11.6. The van der Waals surface area contributed by atoms with E-state index in [2.05, 4.69) is 25.6 Å². The van der Waals surface area contributed by atoms with Gasteiger partial charge in [-0.2, -0.15) is 28.1 Å². The van der Waals surface area contributed by atoms with Crippen molar-refractivity contribution in [1.29, 1.82) is 0 Å². The molecule has 9 heteroatoms. The molecule has 6 nitrogen and oxygen atoms in total. The van der Waals surface area contributed by atoms with Gasteiger partial charge >= 0.3 is 12.2 Å². The fraction of sp³-hybridized carbons (Fsp3) is 0.727. The van der Waals surface area contributed by atoms with Crippen LogP contribution in [0.2, 0.25) is 0 Å². The minimum atomic E-state index is -4.22. The third-order valence-corrected chi connectivity index (χ3v) is 1.98. The van der Waals surface area contributed by atoms with Crippen molar-refractivity contribution in [2.45, 2.75) is 39.5 Å². The van der Waals surface area contributed by atoms with Crippen LogP contribution in [0.15, 0.2) is 0 Å². The fourth-order valence-electron chi connectivity index (χ4n) is 1.25. The molecule has 114 valence electrons. The lowest BCUT2D eigenvalue weighted by atomic mass is 10.4. The summed E-state index contributed by atoms with van der Waals surface area (Å²) < 4.78 is 41.6. The summed E-state index contributed by atoms with van der Waals surface area (Å²) in [5.41, 5.74) is 0. The van der Waals surface area contributed by atoms with Crippen LogP contribution in [0.3, 0.4) is 0 Å². The summed E-state index contributed by atoms with van der Waals surface area (Å²) in [5.74, 6) is 0.309. The van der Waals surface area contributed by atoms with Gasteiger partial charge in [-0.1, -0.05) is 0 Å². The Hall–Kier alpha value is -1.80. The zero-order valence-corrected chi connectivity index (χ0v) is 11.6. The van der Waals surface area contributed by atoms with E-state index in [0.29, 0.717) is 6.54 Å². The number of alkyl halides is 3. The summed E-state index contributed by atoms with van der Waals surface area (Å²) in [4.78, 5) is 11.9. The highest BCUT2D eigenvalue weighted by molar-refractivity contribution is 5.35. The Morgan fingerprint density at radius 3 is 2.20 bits per heavy atom. The van der Waals surface area contributed by atoms with Gasteiger partial charge in [0.15, 0.2) is 0 Å². The van der Waals surface area contributed by atoms with Crippen molar-refractivity contribution >= 4 is 11.9 Å². The van der Waals surface area contributed by atoms with Gasteiger partial charge in [0, 0.05) is 13.1 Å². The van der Waals surface area contributed by atoms with Gasteiger partial charge in [-0.05, 0) is 20.8 Å². The largest absolute Gasteiger partial charge is 0.461 e. The first-order valence-electron chi connectivity index (χ1n) is 6.27. The number of hydrogen-bond donors (Lipinski definition) is 2. The van der Waals surface area contributed by atoms with Gasteiger partial charge in [0.1, 0.15) is 0 Å². The Morgan fingerprint density at radius 1 is 1.10 bits per heavy atom. The van der Waals surface area contributed by atoms with Gasteiger partial charge in [0.25, 0.3) is 0 Å². The van der Waals surface area contributed by atoms with Gasteiger partial charge in [0.05, 0.1) is 12.5 Å². The van der Waals surface area contributed by atoms with Crippen LogP contribution in [0.5, 0.6) is 6.01 Å². The standard InChI is InChI=1S/C11H18F3N5O/c1-4-15-8-17-9(16-6-5-11(12,13)14)19-10(18-8)20-7(2)3/h7H,4-6H2,1-3H3,(H2,15,16,17,18,19). The molecule has 0 saturated heterocycles. The highest BCUT2D eigenvalue weighted by Gasteiger charge is 2.26. The van der Waals surface area contributed by atoms with Gasteiger partial charge in [-0.15, -0.1) is 0 Å². The third kappa shape index (κ3) is 6.39. The maximum atomic E-state index is 12.1. The number of aromatic nitrogens is 3. The molecule has 0 bridgehead atoms. The summed E-state index contributed by atoms with van der Waals surface area (Å²) in [7, 11) is 0. The number of halogens is 3. The highest BCUT2D eigenvalue weighted by Crippen LogP contribution is 2.19. The first-order chi connectivity index (χ1) is 9.30. The van der Waals surface area contributed by atoms with Gasteiger partial charge < -0.3 is 15.4 Å². The van der Waals surface area contributed by atoms with Crippen LogP contribution in [0, 0.1) is 0 Å². The smallest absolute Gasteiger partial charge is 0.390 e. The lowest BCUT2D eigenvalue weighted by molar-refractivity contribution is -0.131. The second kappa shape index (κ2) is 7.11. The molecule has 0 spiro atoms. The van der Waals surface area contributed by atoms with Gasteiger partial charge in [-0.3, -0.25) is 0 Å². The molecule has 1 aromatic heterocycles. The summed E-state index contributed by atoms with van der Waals surface area (Å²) in [6.45, 7) is 5.72. The molecule has 20 heavy (non-hydrogen) atoms. The van der Waals surface area contributed by atoms with Crippen LogP contribution in [-0.2, 0) is 0 Å². The van der Waals surface area contributed by atoms with E-state index in [1.165, 1.54) is 0 Å². The monoisotopic (exact) mass is 293 g/mol. The van der Waals surface area contributed by atoms with Crippen molar-refractivity contribution in [3.63, 3.8) is 0 Å². The maximum Gasteiger partial charge on any atom is 0.390 e. The molecule has 2 N–H and O–H groups in total. The first kappa shape index (κ1) is 16.3. The molecule has 0 atom stereocenters. The van der Waals surface area contributed by atoms with Crippen LogP contribution in [0.1, 0.15) is 27.2 Å². The van der Waals surface area contributed by atoms with Crippen molar-refractivity contribution < 1.29 is 17.9 Å². The molecule has 1 aromatic rings. The average Bonchev–Trinajstić information content (AvgIpc) is 2.26. The lowest BCUT2D eigenvalue weighted by Gasteiger charge is -2.12. The molecule has 0 radical (unpaired) electrons. The SMILES string of the molecule is CCNc1nc(NCCC(F)(F)F)nc(OC(C)C)n1. The molecule has 0 amide bonds. The molecule has 0 unspecified atom stereocenters. The van der Waals surface area contributed by atoms with Gasteiger partial charge in [-0.25, -0.2) is 0 Å². The third-order valence-electron chi connectivity index (χ3n) is 1.98. The van der Waals surface area contributed by atoms with E-state index in [4.69, 9.17) is 4.74 Å². The summed E-state index contributed by atoms with van der Waals surface area (Å²) in [6, 6.07) is 0.0699. The van der Waals surface area contributed by atoms with Crippen LogP contribution >= 0.6 is 0 Å². The number of nitrogens with one attached hydrogen (secondary N) is 2. The molecule has 1 rings (SSSR count). The molecule has 0 aliphatic carbocycles. The van der Waals surface area contributed by atoms with Crippen LogP contribution < -0.4 is 15.4 Å². The normalized spacial score (nSPS) is 11.6. The van der Waals surface area contributed by atoms with Gasteiger partial charge in [0.2, 0.25) is 11.9 Å². The summed E-state index contributed by atoms with van der Waals surface area (Å²) >= 11 is 0. The molecular weight excluding hydrogens is 275 g/mol. The predicted molar refractivity (Wildman–Crippen MR) is 68.9 cm³/mol. The minimum absolute atomic E-state index is 0.0517. The van der Waals surface area contributed by atoms with Crippen molar-refractivity contribution in [3.8, 4) is 6.01 Å². The predicted octanol–water partition coefficient (Wildman–Crippen LogP) is 2.45. The van der Waals surface area contributed by atoms with E-state index in [-0.39, 0.29) is 30.6 Å². The Kier molecular flexibility index (Phi) is 5.78. The quantitative estimate of drug-likeness (QED) is 0.804. The highest BCUT2D eigenvalue weighted by atomic mass is 19.4. The lowest BCUT2D eigenvalue weighted by Crippen LogP contribution is -2.17. The number of rotatable bonds is 7. The average molecular weight is 293 g/mol. The van der Waals surface area contributed by atoms with E-state index in [1.54, 1.807) is 13.8 Å². The van der Waals surface area contributed by atoms with E-state index in [0.717, 1.165) is 0 Å². The second-order valence-corrected chi connectivity index (χ2v) is 4.25. The van der Waals surface area contributed by atoms with Crippen molar-refractivity contribution in [1.82, 2.24) is 15.0 Å². The fourth-order valence-corrected chi connectivity index (χ4v) is 1.25. The van der Waals surface area contributed by atoms with Crippen molar-refractivity contribution in [3.05, 3.63) is 0 Å². The van der Waals surface area contributed by atoms with Crippen LogP contribution in [-0.4, -0.2) is 40.3 Å². The Bertz CT molecular complexity index is 425. The van der Waals surface area contributed by atoms with Crippen LogP contribution in [0.4, 0.5) is 25.1 Å². The molecule has 0 aliphatic heterocycles. The molecule has 0 aliphatic rings. The molecule has 0 saturated carbocycles. The maximum absolute atomic E-state index is 12.1. The van der Waals surface area contributed by atoms with Crippen molar-refractivity contribution in [2.24, 2.45) is 0 Å². The number of hydrogen-bond acceptors (Lipinski definition) is 6. The minimum Gasteiger partial charge on any atom is -0.461 e. The van der Waals surface area contributed by atoms with Crippen molar-refractivity contribution in [2.75, 3.05) is 23.7 Å². The topological polar surface area (TPSA) is 72.0 Å². The number of anilines is 2. The number of nitrogens with zero attached hydrogens (tertiary/aromatic N) is 3. The number of ether oxygens (including phenoxy) is 1. The molecule has 0 fully saturated rings. The molecule has 0 aromatic carbocycles. The van der Waals surface area contributed by atoms with E-state index in [9.17, 15) is 13.2 Å². The summed E-state index contributed by atoms with van der Waals surface area (Å²) in [5, 5.41) is 5.38. The van der Waals surface area contributed by atoms with E-state index in [1.807, 2.05) is 6.92 Å².